The predicted molar refractivity (Wildman–Crippen MR) is 114 cm³/mol. The molecule has 2 rings (SSSR count). The molecule has 0 saturated heterocycles. The summed E-state index contributed by atoms with van der Waals surface area (Å²) < 4.78 is 14.2. The van der Waals surface area contributed by atoms with E-state index >= 15 is 0 Å². The van der Waals surface area contributed by atoms with E-state index < -0.39 is 17.4 Å². The highest BCUT2D eigenvalue weighted by Crippen LogP contribution is 2.22. The van der Waals surface area contributed by atoms with Gasteiger partial charge in [-0.25, -0.2) is 4.39 Å². The third kappa shape index (κ3) is 6.29. The van der Waals surface area contributed by atoms with Crippen LogP contribution >= 0.6 is 11.6 Å². The van der Waals surface area contributed by atoms with Crippen LogP contribution in [-0.4, -0.2) is 28.3 Å². The molecule has 4 nitrogen and oxygen atoms in total. The summed E-state index contributed by atoms with van der Waals surface area (Å²) in [5.41, 5.74) is 1.64. The topological polar surface area (TPSA) is 49.4 Å². The Balaban J connectivity index is 2.34. The van der Waals surface area contributed by atoms with Crippen molar-refractivity contribution in [1.29, 1.82) is 0 Å². The Morgan fingerprint density at radius 3 is 2.38 bits per heavy atom. The van der Waals surface area contributed by atoms with Crippen LogP contribution in [0.15, 0.2) is 42.5 Å². The van der Waals surface area contributed by atoms with Crippen molar-refractivity contribution >= 4 is 23.4 Å². The summed E-state index contributed by atoms with van der Waals surface area (Å²) in [6, 6.07) is 11.3. The number of halogens is 2. The molecule has 0 aliphatic carbocycles. The van der Waals surface area contributed by atoms with Gasteiger partial charge in [0.1, 0.15) is 11.9 Å². The summed E-state index contributed by atoms with van der Waals surface area (Å²) in [6.07, 6.45) is -0.218. The molecule has 2 aromatic rings. The molecule has 0 radical (unpaired) electrons. The number of rotatable bonds is 6. The van der Waals surface area contributed by atoms with E-state index in [0.29, 0.717) is 0 Å². The summed E-state index contributed by atoms with van der Waals surface area (Å²) in [5.74, 6) is -1.16. The molecule has 0 bridgehead atoms. The van der Waals surface area contributed by atoms with Crippen LogP contribution in [0.5, 0.6) is 0 Å². The van der Waals surface area contributed by atoms with Crippen LogP contribution in [0, 0.1) is 12.7 Å². The third-order valence-corrected chi connectivity index (χ3v) is 5.01. The Labute approximate surface area is 177 Å². The number of hydrogen-bond acceptors (Lipinski definition) is 2. The zero-order valence-corrected chi connectivity index (χ0v) is 18.3. The molecule has 0 fully saturated rings. The Morgan fingerprint density at radius 1 is 1.14 bits per heavy atom. The van der Waals surface area contributed by atoms with Gasteiger partial charge < -0.3 is 10.2 Å². The molecule has 0 spiro atoms. The largest absolute Gasteiger partial charge is 0.350 e. The van der Waals surface area contributed by atoms with Crippen LogP contribution in [0.3, 0.4) is 0 Å². The second kappa shape index (κ2) is 9.40. The Kier molecular flexibility index (Phi) is 7.42. The maximum Gasteiger partial charge on any atom is 0.242 e. The summed E-state index contributed by atoms with van der Waals surface area (Å²) in [5, 5.41) is 3.10. The Hall–Kier alpha value is -2.40. The first kappa shape index (κ1) is 22.9. The highest BCUT2D eigenvalue weighted by molar-refractivity contribution is 6.31. The van der Waals surface area contributed by atoms with Crippen molar-refractivity contribution < 1.29 is 14.0 Å². The lowest BCUT2D eigenvalue weighted by Gasteiger charge is -2.32. The number of aryl methyl sites for hydroxylation is 1. The standard InChI is InChI=1S/C23H28ClFN2O2/c1-15-9-6-7-10-17(15)14-27(16(2)22(29)26-23(3,4)5)21(28)13-18-19(24)11-8-12-20(18)25/h6-12,16H,13-14H2,1-5H3,(H,26,29)/t16-/m1/s1. The second-order valence-electron chi connectivity index (χ2n) is 8.24. The SMILES string of the molecule is Cc1ccccc1CN(C(=O)Cc1c(F)cccc1Cl)[C@H](C)C(=O)NC(C)(C)C. The van der Waals surface area contributed by atoms with E-state index in [-0.39, 0.29) is 35.4 Å². The van der Waals surface area contributed by atoms with Crippen molar-refractivity contribution in [3.63, 3.8) is 0 Å². The number of carbonyl (C=O) groups is 2. The van der Waals surface area contributed by atoms with Crippen LogP contribution < -0.4 is 5.32 Å². The van der Waals surface area contributed by atoms with Gasteiger partial charge >= 0.3 is 0 Å². The molecular formula is C23H28ClFN2O2. The van der Waals surface area contributed by atoms with Crippen molar-refractivity contribution in [2.45, 2.75) is 59.2 Å². The number of amides is 2. The first-order valence-electron chi connectivity index (χ1n) is 9.58. The van der Waals surface area contributed by atoms with E-state index in [9.17, 15) is 14.0 Å². The maximum atomic E-state index is 14.2. The number of benzene rings is 2. The summed E-state index contributed by atoms with van der Waals surface area (Å²) >= 11 is 6.10. The average Bonchev–Trinajstić information content (AvgIpc) is 2.62. The number of carbonyl (C=O) groups excluding carboxylic acids is 2. The lowest BCUT2D eigenvalue weighted by Crippen LogP contribution is -2.52. The minimum Gasteiger partial charge on any atom is -0.350 e. The number of nitrogens with one attached hydrogen (secondary N) is 1. The summed E-state index contributed by atoms with van der Waals surface area (Å²) in [6.45, 7) is 9.51. The molecule has 0 saturated carbocycles. The fourth-order valence-corrected chi connectivity index (χ4v) is 3.21. The van der Waals surface area contributed by atoms with Gasteiger partial charge in [-0.05, 0) is 57.9 Å². The second-order valence-corrected chi connectivity index (χ2v) is 8.65. The van der Waals surface area contributed by atoms with Crippen molar-refractivity contribution in [2.24, 2.45) is 0 Å². The van der Waals surface area contributed by atoms with Gasteiger partial charge in [0, 0.05) is 22.7 Å². The minimum atomic E-state index is -0.730. The lowest BCUT2D eigenvalue weighted by atomic mass is 10.0. The molecule has 156 valence electrons. The van der Waals surface area contributed by atoms with E-state index in [4.69, 9.17) is 11.6 Å². The summed E-state index contributed by atoms with van der Waals surface area (Å²) in [4.78, 5) is 27.4. The maximum absolute atomic E-state index is 14.2. The predicted octanol–water partition coefficient (Wildman–Crippen LogP) is 4.66. The lowest BCUT2D eigenvalue weighted by molar-refractivity contribution is -0.140. The molecule has 29 heavy (non-hydrogen) atoms. The summed E-state index contributed by atoms with van der Waals surface area (Å²) in [7, 11) is 0. The van der Waals surface area contributed by atoms with E-state index in [1.807, 2.05) is 52.0 Å². The van der Waals surface area contributed by atoms with E-state index in [1.54, 1.807) is 13.0 Å². The van der Waals surface area contributed by atoms with Crippen molar-refractivity contribution in [2.75, 3.05) is 0 Å². The van der Waals surface area contributed by atoms with Crippen LogP contribution in [0.25, 0.3) is 0 Å². The van der Waals surface area contributed by atoms with Crippen molar-refractivity contribution in [3.05, 3.63) is 70.0 Å². The zero-order valence-electron chi connectivity index (χ0n) is 17.6. The van der Waals surface area contributed by atoms with E-state index in [2.05, 4.69) is 5.32 Å². The molecule has 2 aromatic carbocycles. The normalized spacial score (nSPS) is 12.4. The first-order valence-corrected chi connectivity index (χ1v) is 9.96. The molecule has 6 heteroatoms. The molecule has 0 heterocycles. The van der Waals surface area contributed by atoms with Gasteiger partial charge in [0.05, 0.1) is 6.42 Å². The molecule has 0 unspecified atom stereocenters. The van der Waals surface area contributed by atoms with Gasteiger partial charge in [-0.2, -0.15) is 0 Å². The number of hydrogen-bond donors (Lipinski definition) is 1. The molecule has 0 aliphatic rings. The number of nitrogens with zero attached hydrogens (tertiary/aromatic N) is 1. The molecule has 1 N–H and O–H groups in total. The molecule has 0 aromatic heterocycles. The first-order chi connectivity index (χ1) is 13.5. The quantitative estimate of drug-likeness (QED) is 0.741. The zero-order chi connectivity index (χ0) is 21.8. The van der Waals surface area contributed by atoms with E-state index in [1.165, 1.54) is 17.0 Å². The Bertz CT molecular complexity index is 872. The fourth-order valence-electron chi connectivity index (χ4n) is 2.98. The smallest absolute Gasteiger partial charge is 0.242 e. The highest BCUT2D eigenvalue weighted by Gasteiger charge is 2.29. The van der Waals surface area contributed by atoms with Crippen molar-refractivity contribution in [1.82, 2.24) is 10.2 Å². The average molecular weight is 419 g/mol. The molecule has 0 aliphatic heterocycles. The van der Waals surface area contributed by atoms with Crippen LogP contribution in [0.2, 0.25) is 5.02 Å². The van der Waals surface area contributed by atoms with Gasteiger partial charge in [0.2, 0.25) is 11.8 Å². The van der Waals surface area contributed by atoms with Gasteiger partial charge in [-0.3, -0.25) is 9.59 Å². The molecular weight excluding hydrogens is 391 g/mol. The monoisotopic (exact) mass is 418 g/mol. The fraction of sp³-hybridized carbons (Fsp3) is 0.391. The molecule has 2 amide bonds. The third-order valence-electron chi connectivity index (χ3n) is 4.66. The minimum absolute atomic E-state index is 0.136. The van der Waals surface area contributed by atoms with Crippen molar-refractivity contribution in [3.8, 4) is 0 Å². The van der Waals surface area contributed by atoms with Gasteiger partial charge in [0.25, 0.3) is 0 Å². The van der Waals surface area contributed by atoms with Crippen LogP contribution in [0.4, 0.5) is 4.39 Å². The van der Waals surface area contributed by atoms with Crippen LogP contribution in [-0.2, 0) is 22.6 Å². The van der Waals surface area contributed by atoms with E-state index in [0.717, 1.165) is 11.1 Å². The van der Waals surface area contributed by atoms with Gasteiger partial charge in [-0.1, -0.05) is 41.9 Å². The van der Waals surface area contributed by atoms with Gasteiger partial charge in [-0.15, -0.1) is 0 Å². The van der Waals surface area contributed by atoms with Gasteiger partial charge in [0.15, 0.2) is 0 Å². The molecule has 1 atom stereocenters. The Morgan fingerprint density at radius 2 is 1.79 bits per heavy atom. The van der Waals surface area contributed by atoms with Crippen LogP contribution in [0.1, 0.15) is 44.4 Å². The highest BCUT2D eigenvalue weighted by atomic mass is 35.5.